The molecule has 1 fully saturated rings. The molecule has 1 aliphatic heterocycles. The summed E-state index contributed by atoms with van der Waals surface area (Å²) in [5, 5.41) is 2.76. The largest absolute Gasteiger partial charge is 0.495 e. The zero-order valence-corrected chi connectivity index (χ0v) is 16.0. The van der Waals surface area contributed by atoms with E-state index in [1.807, 2.05) is 6.92 Å². The number of hydrogen-bond acceptors (Lipinski definition) is 5. The van der Waals surface area contributed by atoms with Crippen molar-refractivity contribution in [3.63, 3.8) is 0 Å². The fraction of sp³-hybridized carbons (Fsp3) is 0.316. The van der Waals surface area contributed by atoms with Crippen molar-refractivity contribution in [2.75, 3.05) is 32.1 Å². The van der Waals surface area contributed by atoms with Crippen molar-refractivity contribution in [3.8, 4) is 5.75 Å². The molecule has 2 aromatic carbocycles. The zero-order chi connectivity index (χ0) is 19.4. The molecule has 0 saturated carbocycles. The van der Waals surface area contributed by atoms with Gasteiger partial charge in [-0.2, -0.15) is 4.31 Å². The molecule has 0 bridgehead atoms. The summed E-state index contributed by atoms with van der Waals surface area (Å²) in [6, 6.07) is 13.0. The van der Waals surface area contributed by atoms with E-state index in [1.54, 1.807) is 24.3 Å². The van der Waals surface area contributed by atoms with Crippen molar-refractivity contribution in [2.24, 2.45) is 0 Å². The van der Waals surface area contributed by atoms with Crippen LogP contribution in [0.1, 0.15) is 17.3 Å². The number of carbonyl (C=O) groups is 1. The van der Waals surface area contributed by atoms with E-state index in [-0.39, 0.29) is 16.9 Å². The van der Waals surface area contributed by atoms with E-state index < -0.39 is 10.0 Å². The van der Waals surface area contributed by atoms with Crippen LogP contribution in [0, 0.1) is 0 Å². The number of amides is 1. The Morgan fingerprint density at radius 1 is 1.19 bits per heavy atom. The molecule has 144 valence electrons. The summed E-state index contributed by atoms with van der Waals surface area (Å²) in [7, 11) is -2.08. The van der Waals surface area contributed by atoms with Gasteiger partial charge in [-0.15, -0.1) is 0 Å². The summed E-state index contributed by atoms with van der Waals surface area (Å²) in [6.45, 7) is 2.86. The molecule has 0 radical (unpaired) electrons. The first kappa shape index (κ1) is 19.3. The van der Waals surface area contributed by atoms with Gasteiger partial charge >= 0.3 is 0 Å². The Morgan fingerprint density at radius 3 is 2.56 bits per heavy atom. The van der Waals surface area contributed by atoms with Crippen LogP contribution in [-0.4, -0.2) is 51.5 Å². The second kappa shape index (κ2) is 8.08. The lowest BCUT2D eigenvalue weighted by molar-refractivity contribution is 0.0102. The van der Waals surface area contributed by atoms with Gasteiger partial charge in [0.05, 0.1) is 30.4 Å². The van der Waals surface area contributed by atoms with Crippen molar-refractivity contribution >= 4 is 21.6 Å². The Balaban J connectivity index is 1.75. The first-order chi connectivity index (χ1) is 12.9. The molecule has 0 spiro atoms. The maximum absolute atomic E-state index is 12.7. The molecule has 2 aromatic rings. The number of nitrogens with zero attached hydrogens (tertiary/aromatic N) is 1. The number of sulfonamides is 1. The molecule has 27 heavy (non-hydrogen) atoms. The maximum Gasteiger partial charge on any atom is 0.255 e. The van der Waals surface area contributed by atoms with Gasteiger partial charge in [0.1, 0.15) is 5.75 Å². The van der Waals surface area contributed by atoms with Crippen molar-refractivity contribution < 1.29 is 22.7 Å². The molecule has 1 saturated heterocycles. The van der Waals surface area contributed by atoms with Gasteiger partial charge in [-0.05, 0) is 43.3 Å². The average Bonchev–Trinajstić information content (AvgIpc) is 2.68. The van der Waals surface area contributed by atoms with Gasteiger partial charge in [0.15, 0.2) is 0 Å². The van der Waals surface area contributed by atoms with Crippen LogP contribution in [-0.2, 0) is 14.8 Å². The molecule has 0 aromatic heterocycles. The van der Waals surface area contributed by atoms with E-state index >= 15 is 0 Å². The SMILES string of the molecule is COc1ccccc1NC(=O)c1ccc(S(=O)(=O)N2CCOC(C)C2)cc1. The van der Waals surface area contributed by atoms with Gasteiger partial charge in [0, 0.05) is 18.7 Å². The smallest absolute Gasteiger partial charge is 0.255 e. The van der Waals surface area contributed by atoms with E-state index in [1.165, 1.54) is 35.7 Å². The van der Waals surface area contributed by atoms with Crippen LogP contribution in [0.5, 0.6) is 5.75 Å². The normalized spacial score (nSPS) is 18.1. The lowest BCUT2D eigenvalue weighted by Crippen LogP contribution is -2.44. The summed E-state index contributed by atoms with van der Waals surface area (Å²) in [4.78, 5) is 12.6. The van der Waals surface area contributed by atoms with Crippen molar-refractivity contribution in [3.05, 3.63) is 54.1 Å². The molecule has 1 amide bonds. The molecule has 1 aliphatic rings. The van der Waals surface area contributed by atoms with Gasteiger partial charge in [-0.1, -0.05) is 12.1 Å². The second-order valence-corrected chi connectivity index (χ2v) is 8.16. The van der Waals surface area contributed by atoms with Gasteiger partial charge < -0.3 is 14.8 Å². The fourth-order valence-corrected chi connectivity index (χ4v) is 4.37. The highest BCUT2D eigenvalue weighted by atomic mass is 32.2. The summed E-state index contributed by atoms with van der Waals surface area (Å²) in [6.07, 6.45) is -0.139. The van der Waals surface area contributed by atoms with E-state index in [0.29, 0.717) is 36.7 Å². The molecule has 1 N–H and O–H groups in total. The number of rotatable bonds is 5. The lowest BCUT2D eigenvalue weighted by Gasteiger charge is -2.30. The predicted molar refractivity (Wildman–Crippen MR) is 102 cm³/mol. The highest BCUT2D eigenvalue weighted by molar-refractivity contribution is 7.89. The molecular weight excluding hydrogens is 368 g/mol. The first-order valence-electron chi connectivity index (χ1n) is 8.58. The third kappa shape index (κ3) is 4.29. The molecule has 1 heterocycles. The highest BCUT2D eigenvalue weighted by Crippen LogP contribution is 2.24. The number of hydrogen-bond donors (Lipinski definition) is 1. The van der Waals surface area contributed by atoms with Crippen molar-refractivity contribution in [1.82, 2.24) is 4.31 Å². The standard InChI is InChI=1S/C19H22N2O5S/c1-14-13-21(11-12-26-14)27(23,24)16-9-7-15(8-10-16)19(22)20-17-5-3-4-6-18(17)25-2/h3-10,14H,11-13H2,1-2H3,(H,20,22). The quantitative estimate of drug-likeness (QED) is 0.847. The maximum atomic E-state index is 12.7. The fourth-order valence-electron chi connectivity index (χ4n) is 2.87. The van der Waals surface area contributed by atoms with E-state index in [4.69, 9.17) is 9.47 Å². The molecule has 8 heteroatoms. The third-order valence-corrected chi connectivity index (χ3v) is 6.19. The number of nitrogens with one attached hydrogen (secondary N) is 1. The molecule has 0 aliphatic carbocycles. The average molecular weight is 390 g/mol. The number of methoxy groups -OCH3 is 1. The monoisotopic (exact) mass is 390 g/mol. The van der Waals surface area contributed by atoms with Crippen LogP contribution >= 0.6 is 0 Å². The van der Waals surface area contributed by atoms with Crippen LogP contribution < -0.4 is 10.1 Å². The van der Waals surface area contributed by atoms with Crippen LogP contribution in [0.15, 0.2) is 53.4 Å². The van der Waals surface area contributed by atoms with E-state index in [0.717, 1.165) is 0 Å². The minimum atomic E-state index is -3.61. The molecule has 7 nitrogen and oxygen atoms in total. The van der Waals surface area contributed by atoms with Crippen LogP contribution in [0.2, 0.25) is 0 Å². The Bertz CT molecular complexity index is 912. The molecule has 1 unspecified atom stereocenters. The Hall–Kier alpha value is -2.42. The highest BCUT2D eigenvalue weighted by Gasteiger charge is 2.29. The predicted octanol–water partition coefficient (Wildman–Crippen LogP) is 2.36. The van der Waals surface area contributed by atoms with Gasteiger partial charge in [0.25, 0.3) is 5.91 Å². The van der Waals surface area contributed by atoms with Crippen molar-refractivity contribution in [2.45, 2.75) is 17.9 Å². The summed E-state index contributed by atoms with van der Waals surface area (Å²) < 4.78 is 37.5. The Morgan fingerprint density at radius 2 is 1.89 bits per heavy atom. The number of anilines is 1. The number of morpholine rings is 1. The Labute approximate surface area is 158 Å². The topological polar surface area (TPSA) is 84.9 Å². The van der Waals surface area contributed by atoms with E-state index in [2.05, 4.69) is 5.32 Å². The van der Waals surface area contributed by atoms with Crippen LogP contribution in [0.25, 0.3) is 0 Å². The number of ether oxygens (including phenoxy) is 2. The van der Waals surface area contributed by atoms with E-state index in [9.17, 15) is 13.2 Å². The Kier molecular flexibility index (Phi) is 5.79. The van der Waals surface area contributed by atoms with Gasteiger partial charge in [0.2, 0.25) is 10.0 Å². The minimum absolute atomic E-state index is 0.139. The zero-order valence-electron chi connectivity index (χ0n) is 15.2. The van der Waals surface area contributed by atoms with Crippen LogP contribution in [0.3, 0.4) is 0 Å². The second-order valence-electron chi connectivity index (χ2n) is 6.22. The van der Waals surface area contributed by atoms with Gasteiger partial charge in [-0.3, -0.25) is 4.79 Å². The number of benzene rings is 2. The third-order valence-electron chi connectivity index (χ3n) is 4.31. The van der Waals surface area contributed by atoms with Crippen molar-refractivity contribution in [1.29, 1.82) is 0 Å². The number of carbonyl (C=O) groups excluding carboxylic acids is 1. The number of para-hydroxylation sites is 2. The first-order valence-corrected chi connectivity index (χ1v) is 10.0. The molecular formula is C19H22N2O5S. The molecule has 3 rings (SSSR count). The van der Waals surface area contributed by atoms with Crippen LogP contribution in [0.4, 0.5) is 5.69 Å². The lowest BCUT2D eigenvalue weighted by atomic mass is 10.2. The van der Waals surface area contributed by atoms with Gasteiger partial charge in [-0.25, -0.2) is 8.42 Å². The summed E-state index contributed by atoms with van der Waals surface area (Å²) in [5.74, 6) is 0.204. The summed E-state index contributed by atoms with van der Waals surface area (Å²) >= 11 is 0. The molecule has 1 atom stereocenters. The minimum Gasteiger partial charge on any atom is -0.495 e. The summed E-state index contributed by atoms with van der Waals surface area (Å²) in [5.41, 5.74) is 0.902.